The molecule has 3 rings (SSSR count). The summed E-state index contributed by atoms with van der Waals surface area (Å²) in [7, 11) is 0. The van der Waals surface area contributed by atoms with Gasteiger partial charge in [-0.25, -0.2) is 4.79 Å². The Balaban J connectivity index is 1.61. The molecule has 0 aliphatic heterocycles. The predicted octanol–water partition coefficient (Wildman–Crippen LogP) is 3.39. The van der Waals surface area contributed by atoms with Crippen molar-refractivity contribution in [3.8, 4) is 6.07 Å². The maximum atomic E-state index is 12.5. The van der Waals surface area contributed by atoms with Gasteiger partial charge in [0.25, 0.3) is 5.91 Å². The van der Waals surface area contributed by atoms with Crippen molar-refractivity contribution in [2.75, 3.05) is 6.61 Å². The Kier molecular flexibility index (Phi) is 5.87. The van der Waals surface area contributed by atoms with E-state index >= 15 is 0 Å². The number of hydrogen-bond donors (Lipinski definition) is 1. The first-order valence-corrected chi connectivity index (χ1v) is 9.13. The third-order valence-electron chi connectivity index (χ3n) is 4.86. The Morgan fingerprint density at radius 1 is 1.04 bits per heavy atom. The highest BCUT2D eigenvalue weighted by molar-refractivity contribution is 5.93. The first-order valence-electron chi connectivity index (χ1n) is 9.13. The molecule has 0 bridgehead atoms. The lowest BCUT2D eigenvalue weighted by Gasteiger charge is -2.21. The van der Waals surface area contributed by atoms with Crippen molar-refractivity contribution in [2.24, 2.45) is 0 Å². The van der Waals surface area contributed by atoms with Gasteiger partial charge in [-0.3, -0.25) is 4.79 Å². The van der Waals surface area contributed by atoms with Crippen molar-refractivity contribution in [1.82, 2.24) is 5.32 Å². The van der Waals surface area contributed by atoms with Crippen molar-refractivity contribution in [2.45, 2.75) is 37.6 Å². The Morgan fingerprint density at radius 3 is 2.41 bits per heavy atom. The van der Waals surface area contributed by atoms with E-state index in [1.807, 2.05) is 42.5 Å². The molecular weight excluding hydrogens is 340 g/mol. The fourth-order valence-corrected chi connectivity index (χ4v) is 3.44. The Bertz CT molecular complexity index is 849. The highest BCUT2D eigenvalue weighted by Gasteiger charge is 2.35. The topological polar surface area (TPSA) is 79.2 Å². The molecule has 0 aromatic heterocycles. The Hall–Kier alpha value is -3.13. The van der Waals surface area contributed by atoms with E-state index in [2.05, 4.69) is 11.4 Å². The number of carbonyl (C=O) groups excluding carboxylic acids is 2. The maximum Gasteiger partial charge on any atom is 0.338 e. The molecule has 0 unspecified atom stereocenters. The summed E-state index contributed by atoms with van der Waals surface area (Å²) >= 11 is 0. The first kappa shape index (κ1) is 18.7. The van der Waals surface area contributed by atoms with Gasteiger partial charge in [0.2, 0.25) is 0 Å². The molecule has 0 saturated heterocycles. The van der Waals surface area contributed by atoms with Gasteiger partial charge < -0.3 is 10.1 Å². The zero-order valence-electron chi connectivity index (χ0n) is 15.1. The van der Waals surface area contributed by atoms with E-state index in [0.717, 1.165) is 24.0 Å². The van der Waals surface area contributed by atoms with Crippen LogP contribution in [0.15, 0.2) is 54.6 Å². The summed E-state index contributed by atoms with van der Waals surface area (Å²) < 4.78 is 5.21. The molecule has 1 amide bonds. The highest BCUT2D eigenvalue weighted by atomic mass is 16.5. The molecular formula is C22H22N2O3. The lowest BCUT2D eigenvalue weighted by Crippen LogP contribution is -2.46. The molecule has 5 nitrogen and oxygen atoms in total. The van der Waals surface area contributed by atoms with Gasteiger partial charge in [-0.15, -0.1) is 0 Å². The van der Waals surface area contributed by atoms with Crippen molar-refractivity contribution < 1.29 is 14.3 Å². The number of nitrogens with zero attached hydrogens (tertiary/aromatic N) is 1. The molecule has 1 saturated carbocycles. The van der Waals surface area contributed by atoms with E-state index < -0.39 is 17.4 Å². The van der Waals surface area contributed by atoms with Crippen LogP contribution in [-0.2, 0) is 16.0 Å². The van der Waals surface area contributed by atoms with Gasteiger partial charge in [0.15, 0.2) is 6.61 Å². The largest absolute Gasteiger partial charge is 0.452 e. The minimum absolute atomic E-state index is 0.387. The number of esters is 1. The molecule has 0 spiro atoms. The second kappa shape index (κ2) is 8.50. The lowest BCUT2D eigenvalue weighted by atomic mass is 10.00. The van der Waals surface area contributed by atoms with Crippen LogP contribution < -0.4 is 5.32 Å². The summed E-state index contributed by atoms with van der Waals surface area (Å²) in [6.07, 6.45) is 3.73. The molecule has 1 aliphatic rings. The van der Waals surface area contributed by atoms with Gasteiger partial charge in [-0.2, -0.15) is 5.26 Å². The summed E-state index contributed by atoms with van der Waals surface area (Å²) in [5.41, 5.74) is 1.57. The van der Waals surface area contributed by atoms with Crippen LogP contribution in [0.3, 0.4) is 0 Å². The monoisotopic (exact) mass is 362 g/mol. The second-order valence-electron chi connectivity index (χ2n) is 6.84. The minimum atomic E-state index is -0.811. The van der Waals surface area contributed by atoms with E-state index in [1.54, 1.807) is 12.1 Å². The second-order valence-corrected chi connectivity index (χ2v) is 6.84. The van der Waals surface area contributed by atoms with E-state index in [-0.39, 0.29) is 6.61 Å². The van der Waals surface area contributed by atoms with Crippen LogP contribution in [0.2, 0.25) is 0 Å². The molecule has 138 valence electrons. The predicted molar refractivity (Wildman–Crippen MR) is 101 cm³/mol. The number of hydrogen-bond acceptors (Lipinski definition) is 4. The molecule has 0 heterocycles. The number of nitrogens with one attached hydrogen (secondary N) is 1. The molecule has 1 N–H and O–H groups in total. The van der Waals surface area contributed by atoms with Crippen molar-refractivity contribution in [1.29, 1.82) is 5.26 Å². The summed E-state index contributed by atoms with van der Waals surface area (Å²) in [6.45, 7) is -0.387. The molecule has 2 aromatic carbocycles. The summed E-state index contributed by atoms with van der Waals surface area (Å²) in [6, 6.07) is 19.3. The van der Waals surface area contributed by atoms with Gasteiger partial charge >= 0.3 is 5.97 Å². The van der Waals surface area contributed by atoms with Crippen LogP contribution in [0.4, 0.5) is 0 Å². The van der Waals surface area contributed by atoms with Crippen LogP contribution in [0.1, 0.15) is 47.2 Å². The third kappa shape index (κ3) is 4.73. The van der Waals surface area contributed by atoms with E-state index in [1.165, 1.54) is 0 Å². The fourth-order valence-electron chi connectivity index (χ4n) is 3.44. The fraction of sp³-hybridized carbons (Fsp3) is 0.318. The molecule has 1 aliphatic carbocycles. The average molecular weight is 362 g/mol. The lowest BCUT2D eigenvalue weighted by molar-refractivity contribution is -0.125. The van der Waals surface area contributed by atoms with E-state index in [9.17, 15) is 14.9 Å². The quantitative estimate of drug-likeness (QED) is 0.799. The molecule has 5 heteroatoms. The maximum absolute atomic E-state index is 12.5. The molecule has 0 radical (unpaired) electrons. The van der Waals surface area contributed by atoms with Gasteiger partial charge in [-0.1, -0.05) is 48.5 Å². The number of rotatable bonds is 6. The molecule has 27 heavy (non-hydrogen) atoms. The average Bonchev–Trinajstić information content (AvgIpc) is 3.16. The van der Waals surface area contributed by atoms with Gasteiger partial charge in [0.1, 0.15) is 5.54 Å². The highest BCUT2D eigenvalue weighted by Crippen LogP contribution is 2.28. The number of nitriles is 1. The molecule has 1 fully saturated rings. The van der Waals surface area contributed by atoms with Crippen LogP contribution >= 0.6 is 0 Å². The number of benzene rings is 2. The molecule has 0 atom stereocenters. The normalized spacial score (nSPS) is 14.9. The number of carbonyl (C=O) groups is 2. The Morgan fingerprint density at radius 2 is 1.70 bits per heavy atom. The number of ether oxygens (including phenoxy) is 1. The van der Waals surface area contributed by atoms with Crippen molar-refractivity contribution in [3.63, 3.8) is 0 Å². The third-order valence-corrected chi connectivity index (χ3v) is 4.86. The van der Waals surface area contributed by atoms with Crippen molar-refractivity contribution in [3.05, 3.63) is 71.3 Å². The van der Waals surface area contributed by atoms with Gasteiger partial charge in [0.05, 0.1) is 11.6 Å². The molecule has 2 aromatic rings. The Labute approximate surface area is 159 Å². The van der Waals surface area contributed by atoms with Gasteiger partial charge in [0, 0.05) is 0 Å². The summed E-state index contributed by atoms with van der Waals surface area (Å²) in [5, 5.41) is 12.1. The first-order chi connectivity index (χ1) is 13.1. The summed E-state index contributed by atoms with van der Waals surface area (Å²) in [5.74, 6) is -0.971. The van der Waals surface area contributed by atoms with E-state index in [0.29, 0.717) is 24.8 Å². The summed E-state index contributed by atoms with van der Waals surface area (Å²) in [4.78, 5) is 24.6. The van der Waals surface area contributed by atoms with Crippen LogP contribution in [-0.4, -0.2) is 24.0 Å². The van der Waals surface area contributed by atoms with Gasteiger partial charge in [-0.05, 0) is 49.3 Å². The number of amides is 1. The SMILES string of the molecule is N#CC1(NC(=O)COC(=O)c2ccccc2Cc2ccccc2)CCCC1. The van der Waals surface area contributed by atoms with Crippen LogP contribution in [0.5, 0.6) is 0 Å². The standard InChI is InChI=1S/C22H22N2O3/c23-16-22(12-6-7-13-22)24-20(25)15-27-21(26)19-11-5-4-10-18(19)14-17-8-2-1-3-9-17/h1-5,8-11H,6-7,12-15H2,(H,24,25). The van der Waals surface area contributed by atoms with Crippen molar-refractivity contribution >= 4 is 11.9 Å². The smallest absolute Gasteiger partial charge is 0.338 e. The minimum Gasteiger partial charge on any atom is -0.452 e. The zero-order chi connectivity index (χ0) is 19.1. The van der Waals surface area contributed by atoms with E-state index in [4.69, 9.17) is 4.74 Å². The van der Waals surface area contributed by atoms with Crippen LogP contribution in [0.25, 0.3) is 0 Å². The zero-order valence-corrected chi connectivity index (χ0v) is 15.1. The van der Waals surface area contributed by atoms with Crippen LogP contribution in [0, 0.1) is 11.3 Å².